The van der Waals surface area contributed by atoms with Crippen molar-refractivity contribution in [3.05, 3.63) is 77.0 Å². The molecule has 0 saturated carbocycles. The number of piperazine rings is 1. The molecule has 2 aromatic rings. The molecule has 0 spiro atoms. The minimum atomic E-state index is -4.34. The maximum absolute atomic E-state index is 12.9. The highest BCUT2D eigenvalue weighted by Gasteiger charge is 2.31. The molecule has 1 aliphatic rings. The zero-order valence-corrected chi connectivity index (χ0v) is 15.2. The molecule has 0 aliphatic carbocycles. The van der Waals surface area contributed by atoms with Crippen LogP contribution in [0.3, 0.4) is 0 Å². The summed E-state index contributed by atoms with van der Waals surface area (Å²) in [6.07, 6.45) is -1.10. The summed E-state index contributed by atoms with van der Waals surface area (Å²) in [6.45, 7) is 2.42. The fourth-order valence-corrected chi connectivity index (χ4v) is 3.02. The second-order valence-corrected chi connectivity index (χ2v) is 6.69. The third kappa shape index (κ3) is 5.04. The van der Waals surface area contributed by atoms with E-state index in [0.717, 1.165) is 6.07 Å². The van der Waals surface area contributed by atoms with Gasteiger partial charge in [-0.1, -0.05) is 17.7 Å². The first-order valence-corrected chi connectivity index (χ1v) is 8.85. The molecule has 1 fully saturated rings. The Bertz CT molecular complexity index is 826. The van der Waals surface area contributed by atoms with Gasteiger partial charge in [0, 0.05) is 54.7 Å². The second-order valence-electron chi connectivity index (χ2n) is 6.26. The lowest BCUT2D eigenvalue weighted by atomic mass is 10.1. The monoisotopic (exact) mass is 394 g/mol. The largest absolute Gasteiger partial charge is 0.416 e. The molecule has 0 unspecified atom stereocenters. The first-order valence-electron chi connectivity index (χ1n) is 8.47. The molecular weight excluding hydrogens is 377 g/mol. The maximum atomic E-state index is 12.9. The number of ketones is 1. The number of anilines is 1. The molecule has 3 nitrogen and oxygen atoms in total. The zero-order chi connectivity index (χ0) is 19.4. The fraction of sp³-hybridized carbons (Fsp3) is 0.250. The predicted molar refractivity (Wildman–Crippen MR) is 100 cm³/mol. The van der Waals surface area contributed by atoms with Crippen LogP contribution >= 0.6 is 11.6 Å². The molecule has 7 heteroatoms. The average molecular weight is 395 g/mol. The molecule has 0 atom stereocenters. The third-order valence-corrected chi connectivity index (χ3v) is 4.67. The molecule has 0 N–H and O–H groups in total. The Kier molecular flexibility index (Phi) is 5.75. The predicted octanol–water partition coefficient (Wildman–Crippen LogP) is 4.88. The molecule has 1 heterocycles. The fourth-order valence-electron chi connectivity index (χ4n) is 2.89. The lowest BCUT2D eigenvalue weighted by Crippen LogP contribution is -2.44. The Morgan fingerprint density at radius 1 is 1.00 bits per heavy atom. The quantitative estimate of drug-likeness (QED) is 0.545. The van der Waals surface area contributed by atoms with E-state index >= 15 is 0 Å². The average Bonchev–Trinajstić information content (AvgIpc) is 2.66. The van der Waals surface area contributed by atoms with Gasteiger partial charge in [0.2, 0.25) is 0 Å². The number of benzene rings is 2. The minimum Gasteiger partial charge on any atom is -0.374 e. The van der Waals surface area contributed by atoms with Gasteiger partial charge in [0.25, 0.3) is 0 Å². The Morgan fingerprint density at radius 2 is 1.67 bits per heavy atom. The van der Waals surface area contributed by atoms with Crippen LogP contribution in [0.4, 0.5) is 18.9 Å². The molecule has 0 radical (unpaired) electrons. The second kappa shape index (κ2) is 8.05. The van der Waals surface area contributed by atoms with Gasteiger partial charge >= 0.3 is 6.18 Å². The summed E-state index contributed by atoms with van der Waals surface area (Å²) in [5.74, 6) is -0.119. The summed E-state index contributed by atoms with van der Waals surface area (Å²) in [5, 5.41) is 0.571. The zero-order valence-electron chi connectivity index (χ0n) is 14.4. The van der Waals surface area contributed by atoms with Crippen molar-refractivity contribution in [1.82, 2.24) is 4.90 Å². The van der Waals surface area contributed by atoms with Crippen LogP contribution < -0.4 is 4.90 Å². The van der Waals surface area contributed by atoms with Crippen molar-refractivity contribution in [2.45, 2.75) is 6.18 Å². The molecule has 3 rings (SSSR count). The van der Waals surface area contributed by atoms with E-state index in [-0.39, 0.29) is 5.78 Å². The van der Waals surface area contributed by atoms with Gasteiger partial charge in [0.15, 0.2) is 5.78 Å². The molecule has 27 heavy (non-hydrogen) atoms. The van der Waals surface area contributed by atoms with E-state index < -0.39 is 11.7 Å². The van der Waals surface area contributed by atoms with Crippen molar-refractivity contribution < 1.29 is 18.0 Å². The van der Waals surface area contributed by atoms with Crippen LogP contribution in [0.5, 0.6) is 0 Å². The van der Waals surface area contributed by atoms with E-state index in [1.54, 1.807) is 36.5 Å². The van der Waals surface area contributed by atoms with E-state index in [2.05, 4.69) is 0 Å². The van der Waals surface area contributed by atoms with E-state index in [1.807, 2.05) is 9.80 Å². The number of hydrogen-bond acceptors (Lipinski definition) is 3. The number of allylic oxidation sites excluding steroid dienone is 1. The number of nitrogens with zero attached hydrogens (tertiary/aromatic N) is 2. The molecule has 0 amide bonds. The van der Waals surface area contributed by atoms with E-state index in [0.29, 0.717) is 42.5 Å². The van der Waals surface area contributed by atoms with Crippen LogP contribution in [0.1, 0.15) is 15.9 Å². The van der Waals surface area contributed by atoms with Crippen LogP contribution in [-0.2, 0) is 6.18 Å². The smallest absolute Gasteiger partial charge is 0.374 e. The van der Waals surface area contributed by atoms with Gasteiger partial charge in [-0.25, -0.2) is 0 Å². The molecular formula is C20H18ClF3N2O. The van der Waals surface area contributed by atoms with Gasteiger partial charge in [-0.3, -0.25) is 4.79 Å². The minimum absolute atomic E-state index is 0.119. The molecule has 0 aromatic heterocycles. The summed E-state index contributed by atoms with van der Waals surface area (Å²) >= 11 is 5.81. The van der Waals surface area contributed by atoms with Crippen LogP contribution in [0, 0.1) is 0 Å². The number of carbonyl (C=O) groups excluding carboxylic acids is 1. The maximum Gasteiger partial charge on any atom is 0.416 e. The van der Waals surface area contributed by atoms with Crippen molar-refractivity contribution in [3.63, 3.8) is 0 Å². The van der Waals surface area contributed by atoms with Gasteiger partial charge < -0.3 is 9.80 Å². The van der Waals surface area contributed by atoms with E-state index in [1.165, 1.54) is 18.2 Å². The van der Waals surface area contributed by atoms with Gasteiger partial charge in [0.1, 0.15) is 0 Å². The first-order chi connectivity index (χ1) is 12.8. The highest BCUT2D eigenvalue weighted by Crippen LogP contribution is 2.31. The van der Waals surface area contributed by atoms with Crippen molar-refractivity contribution >= 4 is 23.1 Å². The molecule has 0 bridgehead atoms. The van der Waals surface area contributed by atoms with Crippen LogP contribution in [0.2, 0.25) is 5.02 Å². The van der Waals surface area contributed by atoms with Crippen LogP contribution in [-0.4, -0.2) is 36.9 Å². The van der Waals surface area contributed by atoms with E-state index in [4.69, 9.17) is 11.6 Å². The SMILES string of the molecule is O=C(/C=C\N1CCN(c2cccc(C(F)(F)F)c2)CC1)c1ccc(Cl)cc1. The van der Waals surface area contributed by atoms with Crippen molar-refractivity contribution in [3.8, 4) is 0 Å². The number of hydrogen-bond donors (Lipinski definition) is 0. The number of carbonyl (C=O) groups is 1. The Labute approximate surface area is 160 Å². The van der Waals surface area contributed by atoms with Crippen molar-refractivity contribution in [2.24, 2.45) is 0 Å². The summed E-state index contributed by atoms with van der Waals surface area (Å²) in [5.41, 5.74) is 0.472. The molecule has 2 aromatic carbocycles. The molecule has 142 valence electrons. The van der Waals surface area contributed by atoms with E-state index in [9.17, 15) is 18.0 Å². The lowest BCUT2D eigenvalue weighted by Gasteiger charge is -2.35. The number of alkyl halides is 3. The normalized spacial score (nSPS) is 15.4. The standard InChI is InChI=1S/C20H18ClF3N2O/c21-17-6-4-15(5-7-17)19(27)8-9-25-10-12-26(13-11-25)18-3-1-2-16(14-18)20(22,23)24/h1-9,14H,10-13H2/b9-8-. The third-order valence-electron chi connectivity index (χ3n) is 4.42. The number of halogens is 4. The van der Waals surface area contributed by atoms with Gasteiger partial charge in [0.05, 0.1) is 5.56 Å². The number of rotatable bonds is 4. The van der Waals surface area contributed by atoms with Gasteiger partial charge in [-0.2, -0.15) is 13.2 Å². The highest BCUT2D eigenvalue weighted by atomic mass is 35.5. The molecule has 1 aliphatic heterocycles. The van der Waals surface area contributed by atoms with Gasteiger partial charge in [-0.15, -0.1) is 0 Å². The Balaban J connectivity index is 1.57. The Morgan fingerprint density at radius 3 is 2.30 bits per heavy atom. The Hall–Kier alpha value is -2.47. The van der Waals surface area contributed by atoms with Crippen LogP contribution in [0.25, 0.3) is 0 Å². The lowest BCUT2D eigenvalue weighted by molar-refractivity contribution is -0.137. The van der Waals surface area contributed by atoms with Crippen molar-refractivity contribution in [2.75, 3.05) is 31.1 Å². The summed E-state index contributed by atoms with van der Waals surface area (Å²) in [7, 11) is 0. The summed E-state index contributed by atoms with van der Waals surface area (Å²) < 4.78 is 38.6. The van der Waals surface area contributed by atoms with Gasteiger partial charge in [-0.05, 0) is 42.5 Å². The highest BCUT2D eigenvalue weighted by molar-refractivity contribution is 6.30. The summed E-state index contributed by atoms with van der Waals surface area (Å²) in [6, 6.07) is 12.0. The first kappa shape index (κ1) is 19.3. The summed E-state index contributed by atoms with van der Waals surface area (Å²) in [4.78, 5) is 16.0. The van der Waals surface area contributed by atoms with Crippen LogP contribution in [0.15, 0.2) is 60.8 Å². The molecule has 1 saturated heterocycles. The van der Waals surface area contributed by atoms with Crippen molar-refractivity contribution in [1.29, 1.82) is 0 Å². The topological polar surface area (TPSA) is 23.6 Å².